The van der Waals surface area contributed by atoms with Crippen molar-refractivity contribution in [1.82, 2.24) is 5.32 Å². The van der Waals surface area contributed by atoms with Crippen LogP contribution in [0.1, 0.15) is 60.8 Å². The van der Waals surface area contributed by atoms with Gasteiger partial charge in [0.15, 0.2) is 5.79 Å². The molecule has 3 N–H and O–H groups in total. The number of hydrogen-bond acceptors (Lipinski definition) is 8. The summed E-state index contributed by atoms with van der Waals surface area (Å²) in [5.41, 5.74) is 0.283. The number of epoxide rings is 1. The van der Waals surface area contributed by atoms with E-state index in [0.29, 0.717) is 13.0 Å². The highest BCUT2D eigenvalue weighted by Crippen LogP contribution is 2.45. The summed E-state index contributed by atoms with van der Waals surface area (Å²) in [5, 5.41) is 23.9. The largest absolute Gasteiger partial charge is 0.459 e. The number of esters is 1. The Morgan fingerprint density at radius 2 is 1.94 bits per heavy atom. The van der Waals surface area contributed by atoms with Crippen LogP contribution >= 0.6 is 0 Å². The van der Waals surface area contributed by atoms with Gasteiger partial charge in [-0.1, -0.05) is 30.7 Å². The maximum absolute atomic E-state index is 12.3. The second-order valence-electron chi connectivity index (χ2n) is 10.7. The Balaban J connectivity index is 1.49. The fourth-order valence-corrected chi connectivity index (χ4v) is 4.95. The molecule has 36 heavy (non-hydrogen) atoms. The Labute approximate surface area is 213 Å². The van der Waals surface area contributed by atoms with Gasteiger partial charge < -0.3 is 34.5 Å². The molecule has 1 amide bonds. The van der Waals surface area contributed by atoms with Crippen molar-refractivity contribution in [2.24, 2.45) is 5.92 Å². The number of amides is 1. The molecule has 0 aliphatic carbocycles. The van der Waals surface area contributed by atoms with Crippen molar-refractivity contribution < 1.29 is 38.7 Å². The lowest BCUT2D eigenvalue weighted by atomic mass is 9.87. The zero-order chi connectivity index (χ0) is 26.7. The van der Waals surface area contributed by atoms with Crippen LogP contribution in [0.3, 0.4) is 0 Å². The minimum absolute atomic E-state index is 0.0106. The van der Waals surface area contributed by atoms with Crippen molar-refractivity contribution in [2.45, 2.75) is 109 Å². The number of aliphatic hydroxyl groups excluding tert-OH is 1. The first-order valence-corrected chi connectivity index (χ1v) is 12.7. The van der Waals surface area contributed by atoms with Crippen molar-refractivity contribution in [3.8, 4) is 0 Å². The molecule has 0 aromatic rings. The number of ether oxygens (including phenoxy) is 4. The SMILES string of the molecule is CC(=O)O[C@@H](C)/C=C\C(=O)N[C@@H]1C[C@H](C)[C@H](C/C=C(C)/C=C/[C@H]2O[C@](C)(O)C[C@@]3(CO3)[C@@H]2O)O[C@@H]1C. The third-order valence-corrected chi connectivity index (χ3v) is 7.02. The van der Waals surface area contributed by atoms with Crippen molar-refractivity contribution in [2.75, 3.05) is 6.61 Å². The summed E-state index contributed by atoms with van der Waals surface area (Å²) < 4.78 is 22.3. The van der Waals surface area contributed by atoms with Crippen LogP contribution in [0.4, 0.5) is 0 Å². The Kier molecular flexibility index (Phi) is 9.16. The van der Waals surface area contributed by atoms with E-state index in [1.54, 1.807) is 26.0 Å². The van der Waals surface area contributed by atoms with Gasteiger partial charge in [-0.05, 0) is 52.5 Å². The molecule has 202 valence electrons. The van der Waals surface area contributed by atoms with Crippen molar-refractivity contribution in [3.63, 3.8) is 0 Å². The van der Waals surface area contributed by atoms with Crippen LogP contribution < -0.4 is 5.32 Å². The van der Waals surface area contributed by atoms with Crippen LogP contribution in [-0.2, 0) is 28.5 Å². The first-order valence-electron chi connectivity index (χ1n) is 12.7. The molecule has 0 saturated carbocycles. The molecule has 0 unspecified atom stereocenters. The quantitative estimate of drug-likeness (QED) is 0.198. The van der Waals surface area contributed by atoms with E-state index in [4.69, 9.17) is 18.9 Å². The van der Waals surface area contributed by atoms with Gasteiger partial charge in [-0.25, -0.2) is 0 Å². The number of carbonyl (C=O) groups is 2. The van der Waals surface area contributed by atoms with Crippen LogP contribution in [0.15, 0.2) is 36.0 Å². The van der Waals surface area contributed by atoms with E-state index in [2.05, 4.69) is 18.3 Å². The number of hydrogen-bond donors (Lipinski definition) is 3. The average molecular weight is 508 g/mol. The summed E-state index contributed by atoms with van der Waals surface area (Å²) in [6.07, 6.45) is 8.33. The molecule has 9 nitrogen and oxygen atoms in total. The van der Waals surface area contributed by atoms with Crippen molar-refractivity contribution in [3.05, 3.63) is 36.0 Å². The summed E-state index contributed by atoms with van der Waals surface area (Å²) in [5.74, 6) is -1.75. The molecule has 0 bridgehead atoms. The number of rotatable bonds is 8. The van der Waals surface area contributed by atoms with Gasteiger partial charge >= 0.3 is 5.97 Å². The lowest BCUT2D eigenvalue weighted by Gasteiger charge is -2.40. The Hall–Kier alpha value is -2.04. The van der Waals surface area contributed by atoms with E-state index in [0.717, 1.165) is 12.0 Å². The van der Waals surface area contributed by atoms with Crippen molar-refractivity contribution >= 4 is 11.9 Å². The van der Waals surface area contributed by atoms with Gasteiger partial charge in [-0.2, -0.15) is 0 Å². The second-order valence-corrected chi connectivity index (χ2v) is 10.7. The molecule has 0 aromatic carbocycles. The summed E-state index contributed by atoms with van der Waals surface area (Å²) in [6, 6.07) is -0.114. The predicted molar refractivity (Wildman–Crippen MR) is 133 cm³/mol. The first kappa shape index (κ1) is 28.5. The second kappa shape index (κ2) is 11.6. The molecular weight excluding hydrogens is 466 g/mol. The van der Waals surface area contributed by atoms with Gasteiger partial charge in [0.25, 0.3) is 0 Å². The highest BCUT2D eigenvalue weighted by atomic mass is 16.7. The Morgan fingerprint density at radius 3 is 2.58 bits per heavy atom. The highest BCUT2D eigenvalue weighted by Gasteiger charge is 2.61. The molecular formula is C27H41NO8. The number of allylic oxidation sites excluding steroid dienone is 2. The lowest BCUT2D eigenvalue weighted by molar-refractivity contribution is -0.272. The van der Waals surface area contributed by atoms with E-state index in [-0.39, 0.29) is 36.5 Å². The molecule has 0 radical (unpaired) electrons. The maximum atomic E-state index is 12.3. The zero-order valence-electron chi connectivity index (χ0n) is 22.1. The van der Waals surface area contributed by atoms with Crippen LogP contribution in [-0.4, -0.2) is 76.6 Å². The fourth-order valence-electron chi connectivity index (χ4n) is 4.95. The molecule has 9 heteroatoms. The number of carbonyl (C=O) groups excluding carboxylic acids is 2. The predicted octanol–water partition coefficient (Wildman–Crippen LogP) is 2.31. The monoisotopic (exact) mass is 507 g/mol. The molecule has 9 atom stereocenters. The molecule has 1 spiro atoms. The van der Waals surface area contributed by atoms with E-state index >= 15 is 0 Å². The van der Waals surface area contributed by atoms with Gasteiger partial charge in [0, 0.05) is 19.4 Å². The molecule has 3 saturated heterocycles. The van der Waals surface area contributed by atoms with E-state index in [1.165, 1.54) is 13.0 Å². The third-order valence-electron chi connectivity index (χ3n) is 7.02. The molecule has 3 aliphatic rings. The minimum Gasteiger partial charge on any atom is -0.459 e. The molecule has 3 heterocycles. The molecule has 3 rings (SSSR count). The van der Waals surface area contributed by atoms with Gasteiger partial charge in [0.05, 0.1) is 24.9 Å². The Morgan fingerprint density at radius 1 is 1.25 bits per heavy atom. The number of nitrogens with one attached hydrogen (secondary N) is 1. The fraction of sp³-hybridized carbons (Fsp3) is 0.704. The standard InChI is InChI=1S/C27H41NO8/c1-16(8-11-23-25(31)27(15-33-27)14-26(6,32)36-23)7-10-22-17(2)13-21(19(4)35-22)28-24(30)12-9-18(3)34-20(5)29/h7-9,11-12,17-19,21-23,25,31-32H,10,13-15H2,1-6H3,(H,28,30)/b11-8+,12-9-,16-7+/t17-,18-,19+,21+,22-,23+,25+,26-,27+/m0/s1. The van der Waals surface area contributed by atoms with E-state index < -0.39 is 35.7 Å². The van der Waals surface area contributed by atoms with Crippen LogP contribution in [0.25, 0.3) is 0 Å². The maximum Gasteiger partial charge on any atom is 0.303 e. The molecule has 3 fully saturated rings. The molecule has 0 aromatic heterocycles. The lowest BCUT2D eigenvalue weighted by Crippen LogP contribution is -2.54. The van der Waals surface area contributed by atoms with Gasteiger partial charge in [-0.3, -0.25) is 9.59 Å². The van der Waals surface area contributed by atoms with Gasteiger partial charge in [0.1, 0.15) is 23.9 Å². The summed E-state index contributed by atoms with van der Waals surface area (Å²) in [7, 11) is 0. The normalized spacial score (nSPS) is 39.9. The van der Waals surface area contributed by atoms with E-state index in [9.17, 15) is 19.8 Å². The molecule has 3 aliphatic heterocycles. The topological polar surface area (TPSA) is 127 Å². The van der Waals surface area contributed by atoms with Crippen molar-refractivity contribution in [1.29, 1.82) is 0 Å². The smallest absolute Gasteiger partial charge is 0.303 e. The van der Waals surface area contributed by atoms with Gasteiger partial charge in [-0.15, -0.1) is 0 Å². The summed E-state index contributed by atoms with van der Waals surface area (Å²) >= 11 is 0. The first-order chi connectivity index (χ1) is 16.8. The van der Waals surface area contributed by atoms with E-state index in [1.807, 2.05) is 19.9 Å². The zero-order valence-corrected chi connectivity index (χ0v) is 22.1. The number of aliphatic hydroxyl groups is 2. The summed E-state index contributed by atoms with van der Waals surface area (Å²) in [4.78, 5) is 23.3. The average Bonchev–Trinajstić information content (AvgIpc) is 3.54. The third kappa shape index (κ3) is 7.73. The van der Waals surface area contributed by atoms with Gasteiger partial charge in [0.2, 0.25) is 5.91 Å². The Bertz CT molecular complexity index is 890. The van der Waals surface area contributed by atoms with Crippen LogP contribution in [0.2, 0.25) is 0 Å². The summed E-state index contributed by atoms with van der Waals surface area (Å²) in [6.45, 7) is 11.1. The highest BCUT2D eigenvalue weighted by molar-refractivity contribution is 5.87. The van der Waals surface area contributed by atoms with Crippen LogP contribution in [0, 0.1) is 5.92 Å². The van der Waals surface area contributed by atoms with Crippen LogP contribution in [0.5, 0.6) is 0 Å². The minimum atomic E-state index is -1.34.